The minimum absolute atomic E-state index is 0.235. The number of aliphatic hydroxyl groups excluding tert-OH is 1. The quantitative estimate of drug-likeness (QED) is 0.637. The molecule has 0 aliphatic rings. The van der Waals surface area contributed by atoms with Gasteiger partial charge in [-0.1, -0.05) is 0 Å². The summed E-state index contributed by atoms with van der Waals surface area (Å²) in [4.78, 5) is 8.29. The number of hydrogen-bond acceptors (Lipinski definition) is 5. The lowest BCUT2D eigenvalue weighted by molar-refractivity contribution is 0.183. The molecular weight excluding hydrogens is 204 g/mol. The van der Waals surface area contributed by atoms with Crippen molar-refractivity contribution in [3.63, 3.8) is 0 Å². The lowest BCUT2D eigenvalue weighted by Crippen LogP contribution is -2.09. The molecule has 1 heterocycles. The van der Waals surface area contributed by atoms with E-state index in [-0.39, 0.29) is 6.10 Å². The zero-order valence-corrected chi connectivity index (χ0v) is 10.1. The molecule has 0 aliphatic carbocycles. The van der Waals surface area contributed by atoms with Crippen LogP contribution in [0.1, 0.15) is 25.3 Å². The van der Waals surface area contributed by atoms with Crippen LogP contribution < -0.4 is 10.6 Å². The van der Waals surface area contributed by atoms with Crippen molar-refractivity contribution in [3.8, 4) is 0 Å². The van der Waals surface area contributed by atoms with Gasteiger partial charge in [-0.05, 0) is 26.7 Å². The lowest BCUT2D eigenvalue weighted by Gasteiger charge is -2.11. The monoisotopic (exact) mass is 224 g/mol. The number of aliphatic hydroxyl groups is 1. The summed E-state index contributed by atoms with van der Waals surface area (Å²) in [5.74, 6) is 1.69. The van der Waals surface area contributed by atoms with Crippen LogP contribution in [0.5, 0.6) is 0 Å². The minimum Gasteiger partial charge on any atom is -0.393 e. The van der Waals surface area contributed by atoms with E-state index in [1.807, 2.05) is 14.0 Å². The third-order valence-electron chi connectivity index (χ3n) is 2.41. The first-order valence-electron chi connectivity index (χ1n) is 5.56. The number of aromatic nitrogens is 2. The van der Waals surface area contributed by atoms with Crippen LogP contribution in [0, 0.1) is 6.92 Å². The van der Waals surface area contributed by atoms with Crippen molar-refractivity contribution in [2.45, 2.75) is 32.8 Å². The van der Waals surface area contributed by atoms with Crippen LogP contribution in [0.4, 0.5) is 11.6 Å². The second-order valence-corrected chi connectivity index (χ2v) is 3.86. The van der Waals surface area contributed by atoms with E-state index in [9.17, 15) is 0 Å². The van der Waals surface area contributed by atoms with Crippen LogP contribution in [0.25, 0.3) is 0 Å². The summed E-state index contributed by atoms with van der Waals surface area (Å²) in [6.45, 7) is 4.59. The summed E-state index contributed by atoms with van der Waals surface area (Å²) in [7, 11) is 1.84. The molecule has 0 aliphatic heterocycles. The van der Waals surface area contributed by atoms with Crippen molar-refractivity contribution >= 4 is 11.6 Å². The summed E-state index contributed by atoms with van der Waals surface area (Å²) in [5.41, 5.74) is 1.02. The van der Waals surface area contributed by atoms with Crippen LogP contribution >= 0.6 is 0 Å². The number of nitrogens with zero attached hydrogens (tertiary/aromatic N) is 2. The van der Waals surface area contributed by atoms with Gasteiger partial charge in [0.2, 0.25) is 0 Å². The number of anilines is 2. The molecule has 0 radical (unpaired) electrons. The van der Waals surface area contributed by atoms with Crippen LogP contribution in [-0.4, -0.2) is 34.8 Å². The van der Waals surface area contributed by atoms with E-state index in [1.54, 1.807) is 6.92 Å². The second kappa shape index (κ2) is 6.27. The van der Waals surface area contributed by atoms with Crippen LogP contribution in [-0.2, 0) is 0 Å². The Morgan fingerprint density at radius 3 is 2.69 bits per heavy atom. The third kappa shape index (κ3) is 3.66. The Labute approximate surface area is 96.3 Å². The van der Waals surface area contributed by atoms with Gasteiger partial charge in [0, 0.05) is 19.2 Å². The molecule has 0 saturated heterocycles. The molecule has 90 valence electrons. The first kappa shape index (κ1) is 12.7. The predicted molar refractivity (Wildman–Crippen MR) is 65.7 cm³/mol. The number of rotatable bonds is 6. The van der Waals surface area contributed by atoms with Gasteiger partial charge >= 0.3 is 0 Å². The summed E-state index contributed by atoms with van der Waals surface area (Å²) in [6.07, 6.45) is 3.03. The van der Waals surface area contributed by atoms with Gasteiger partial charge in [-0.2, -0.15) is 0 Å². The molecule has 1 rings (SSSR count). The summed E-state index contributed by atoms with van der Waals surface area (Å²) in [6, 6.07) is 0. The maximum atomic E-state index is 9.12. The van der Waals surface area contributed by atoms with E-state index < -0.39 is 0 Å². The Morgan fingerprint density at radius 2 is 2.06 bits per heavy atom. The van der Waals surface area contributed by atoms with E-state index >= 15 is 0 Å². The average Bonchev–Trinajstić information content (AvgIpc) is 2.26. The van der Waals surface area contributed by atoms with Gasteiger partial charge in [-0.15, -0.1) is 0 Å². The Kier molecular flexibility index (Phi) is 4.98. The number of nitrogens with one attached hydrogen (secondary N) is 2. The molecule has 1 aromatic rings. The predicted octanol–water partition coefficient (Wildman–Crippen LogP) is 1.40. The molecule has 5 nitrogen and oxygen atoms in total. The normalized spacial score (nSPS) is 12.2. The van der Waals surface area contributed by atoms with Crippen molar-refractivity contribution in [1.82, 2.24) is 9.97 Å². The highest BCUT2D eigenvalue weighted by Gasteiger charge is 2.04. The van der Waals surface area contributed by atoms with Crippen molar-refractivity contribution in [3.05, 3.63) is 11.9 Å². The SMILES string of the molecule is CNc1ncnc(NCCCC(C)O)c1C. The van der Waals surface area contributed by atoms with Crippen LogP contribution in [0.15, 0.2) is 6.33 Å². The third-order valence-corrected chi connectivity index (χ3v) is 2.41. The van der Waals surface area contributed by atoms with Crippen molar-refractivity contribution < 1.29 is 5.11 Å². The maximum absolute atomic E-state index is 9.12. The molecule has 0 fully saturated rings. The molecule has 1 aromatic heterocycles. The highest BCUT2D eigenvalue weighted by Crippen LogP contribution is 2.17. The standard InChI is InChI=1S/C11H20N4O/c1-8(16)5-4-6-13-11-9(2)10(12-3)14-7-15-11/h7-8,16H,4-6H2,1-3H3,(H2,12,13,14,15). The summed E-state index contributed by atoms with van der Waals surface area (Å²) >= 11 is 0. The molecule has 5 heteroatoms. The zero-order valence-electron chi connectivity index (χ0n) is 10.1. The van der Waals surface area contributed by atoms with E-state index in [4.69, 9.17) is 5.11 Å². The van der Waals surface area contributed by atoms with Gasteiger partial charge in [0.05, 0.1) is 6.10 Å². The van der Waals surface area contributed by atoms with E-state index in [2.05, 4.69) is 20.6 Å². The van der Waals surface area contributed by atoms with E-state index in [0.29, 0.717) is 0 Å². The Balaban J connectivity index is 2.47. The van der Waals surface area contributed by atoms with Crippen molar-refractivity contribution in [1.29, 1.82) is 0 Å². The van der Waals surface area contributed by atoms with Crippen LogP contribution in [0.2, 0.25) is 0 Å². The Morgan fingerprint density at radius 1 is 1.38 bits per heavy atom. The molecule has 1 unspecified atom stereocenters. The minimum atomic E-state index is -0.235. The van der Waals surface area contributed by atoms with Gasteiger partial charge in [-0.3, -0.25) is 0 Å². The van der Waals surface area contributed by atoms with Crippen molar-refractivity contribution in [2.75, 3.05) is 24.2 Å². The second-order valence-electron chi connectivity index (χ2n) is 3.86. The van der Waals surface area contributed by atoms with Gasteiger partial charge < -0.3 is 15.7 Å². The Bertz CT molecular complexity index is 328. The molecule has 0 spiro atoms. The molecule has 3 N–H and O–H groups in total. The van der Waals surface area contributed by atoms with Gasteiger partial charge in [0.25, 0.3) is 0 Å². The molecule has 0 bridgehead atoms. The summed E-state index contributed by atoms with van der Waals surface area (Å²) < 4.78 is 0. The molecule has 1 atom stereocenters. The highest BCUT2D eigenvalue weighted by atomic mass is 16.3. The Hall–Kier alpha value is -1.36. The topological polar surface area (TPSA) is 70.1 Å². The fraction of sp³-hybridized carbons (Fsp3) is 0.636. The molecule has 16 heavy (non-hydrogen) atoms. The molecule has 0 aromatic carbocycles. The highest BCUT2D eigenvalue weighted by molar-refractivity contribution is 5.55. The van der Waals surface area contributed by atoms with E-state index in [0.717, 1.165) is 36.6 Å². The maximum Gasteiger partial charge on any atom is 0.134 e. The van der Waals surface area contributed by atoms with Gasteiger partial charge in [-0.25, -0.2) is 9.97 Å². The summed E-state index contributed by atoms with van der Waals surface area (Å²) in [5, 5.41) is 15.4. The fourth-order valence-electron chi connectivity index (χ4n) is 1.48. The van der Waals surface area contributed by atoms with E-state index in [1.165, 1.54) is 6.33 Å². The van der Waals surface area contributed by atoms with Gasteiger partial charge in [0.15, 0.2) is 0 Å². The smallest absolute Gasteiger partial charge is 0.134 e. The first-order valence-corrected chi connectivity index (χ1v) is 5.56. The zero-order chi connectivity index (χ0) is 12.0. The molecule has 0 saturated carbocycles. The van der Waals surface area contributed by atoms with Crippen molar-refractivity contribution in [2.24, 2.45) is 0 Å². The molecular formula is C11H20N4O. The lowest BCUT2D eigenvalue weighted by atomic mass is 10.2. The number of hydrogen-bond donors (Lipinski definition) is 3. The van der Waals surface area contributed by atoms with Crippen LogP contribution in [0.3, 0.4) is 0 Å². The largest absolute Gasteiger partial charge is 0.393 e. The fourth-order valence-corrected chi connectivity index (χ4v) is 1.48. The first-order chi connectivity index (χ1) is 7.65. The van der Waals surface area contributed by atoms with Gasteiger partial charge in [0.1, 0.15) is 18.0 Å². The molecule has 0 amide bonds. The average molecular weight is 224 g/mol.